The maximum Gasteiger partial charge on any atom is 0.220 e. The predicted molar refractivity (Wildman–Crippen MR) is 184 cm³/mol. The second kappa shape index (κ2) is 34.4. The first kappa shape index (κ1) is 40.9. The third kappa shape index (κ3) is 30.3. The van der Waals surface area contributed by atoms with Gasteiger partial charge in [-0.3, -0.25) is 4.79 Å². The Kier molecular flexibility index (Phi) is 33.4. The van der Waals surface area contributed by atoms with Gasteiger partial charge in [0.1, 0.15) is 0 Å². The summed E-state index contributed by atoms with van der Waals surface area (Å²) in [4.78, 5) is 12.3. The molecule has 4 nitrogen and oxygen atoms in total. The van der Waals surface area contributed by atoms with Crippen molar-refractivity contribution in [2.75, 3.05) is 6.61 Å². The molecule has 3 N–H and O–H groups in total. The van der Waals surface area contributed by atoms with Gasteiger partial charge in [-0.15, -0.1) is 0 Å². The van der Waals surface area contributed by atoms with E-state index >= 15 is 0 Å². The van der Waals surface area contributed by atoms with Crippen LogP contribution in [0.4, 0.5) is 0 Å². The van der Waals surface area contributed by atoms with Gasteiger partial charge in [0.2, 0.25) is 5.91 Å². The highest BCUT2D eigenvalue weighted by atomic mass is 16.3. The first-order valence-corrected chi connectivity index (χ1v) is 18.6. The number of unbranched alkanes of at least 4 members (excludes halogenated alkanes) is 24. The molecule has 0 aliphatic carbocycles. The molecule has 0 fully saturated rings. The topological polar surface area (TPSA) is 69.6 Å². The van der Waals surface area contributed by atoms with Crippen molar-refractivity contribution in [3.05, 3.63) is 24.3 Å². The Balaban J connectivity index is 3.63. The number of hydrogen-bond acceptors (Lipinski definition) is 3. The van der Waals surface area contributed by atoms with Crippen LogP contribution in [0.25, 0.3) is 0 Å². The van der Waals surface area contributed by atoms with Crippen molar-refractivity contribution in [1.82, 2.24) is 5.32 Å². The minimum absolute atomic E-state index is 0.0738. The lowest BCUT2D eigenvalue weighted by Gasteiger charge is -2.20. The van der Waals surface area contributed by atoms with Gasteiger partial charge >= 0.3 is 0 Å². The Morgan fingerprint density at radius 3 is 1.31 bits per heavy atom. The van der Waals surface area contributed by atoms with Gasteiger partial charge in [0.15, 0.2) is 0 Å². The van der Waals surface area contributed by atoms with Gasteiger partial charge in [-0.25, -0.2) is 0 Å². The Labute approximate surface area is 262 Å². The summed E-state index contributed by atoms with van der Waals surface area (Å²) in [5, 5.41) is 22.9. The molecule has 0 aromatic carbocycles. The lowest BCUT2D eigenvalue weighted by atomic mass is 10.0. The van der Waals surface area contributed by atoms with Crippen molar-refractivity contribution < 1.29 is 15.0 Å². The summed E-state index contributed by atoms with van der Waals surface area (Å²) in [5.41, 5.74) is 0. The van der Waals surface area contributed by atoms with Crippen LogP contribution in [0.3, 0.4) is 0 Å². The number of carbonyl (C=O) groups excluding carboxylic acids is 1. The van der Waals surface area contributed by atoms with Gasteiger partial charge in [-0.2, -0.15) is 0 Å². The highest BCUT2D eigenvalue weighted by Crippen LogP contribution is 2.14. The van der Waals surface area contributed by atoms with E-state index in [0.29, 0.717) is 6.42 Å². The van der Waals surface area contributed by atoms with Crippen LogP contribution >= 0.6 is 0 Å². The molecule has 0 aliphatic rings. The lowest BCUT2D eigenvalue weighted by Crippen LogP contribution is -2.45. The minimum atomic E-state index is -0.838. The molecule has 0 spiro atoms. The van der Waals surface area contributed by atoms with Crippen molar-refractivity contribution in [3.8, 4) is 0 Å². The van der Waals surface area contributed by atoms with Crippen molar-refractivity contribution in [2.45, 2.75) is 206 Å². The number of allylic oxidation sites excluding steroid dienone is 3. The molecule has 0 unspecified atom stereocenters. The van der Waals surface area contributed by atoms with Crippen LogP contribution < -0.4 is 5.32 Å². The van der Waals surface area contributed by atoms with Crippen LogP contribution in [-0.4, -0.2) is 34.9 Å². The average Bonchev–Trinajstić information content (AvgIpc) is 2.99. The molecule has 0 aromatic heterocycles. The molecule has 248 valence electrons. The molecule has 42 heavy (non-hydrogen) atoms. The molecule has 0 aliphatic heterocycles. The predicted octanol–water partition coefficient (Wildman–Crippen LogP) is 10.9. The van der Waals surface area contributed by atoms with E-state index in [1.807, 2.05) is 6.08 Å². The molecule has 0 saturated heterocycles. The van der Waals surface area contributed by atoms with Crippen LogP contribution in [0.2, 0.25) is 0 Å². The number of amides is 1. The number of carbonyl (C=O) groups is 1. The van der Waals surface area contributed by atoms with Gasteiger partial charge in [0.25, 0.3) is 0 Å². The van der Waals surface area contributed by atoms with Crippen molar-refractivity contribution in [3.63, 3.8) is 0 Å². The zero-order valence-corrected chi connectivity index (χ0v) is 28.3. The average molecular weight is 592 g/mol. The Morgan fingerprint density at radius 2 is 0.905 bits per heavy atom. The number of aliphatic hydroxyl groups excluding tert-OH is 2. The van der Waals surface area contributed by atoms with Crippen LogP contribution in [-0.2, 0) is 4.79 Å². The summed E-state index contributed by atoms with van der Waals surface area (Å²) < 4.78 is 0. The number of aliphatic hydroxyl groups is 2. The second-order valence-corrected chi connectivity index (χ2v) is 12.6. The normalized spacial score (nSPS) is 13.3. The first-order chi connectivity index (χ1) is 20.7. The minimum Gasteiger partial charge on any atom is -0.394 e. The molecular weight excluding hydrogens is 518 g/mol. The highest BCUT2D eigenvalue weighted by molar-refractivity contribution is 5.76. The van der Waals surface area contributed by atoms with Gasteiger partial charge in [0.05, 0.1) is 18.8 Å². The molecule has 2 atom stereocenters. The first-order valence-electron chi connectivity index (χ1n) is 18.6. The Morgan fingerprint density at radius 1 is 0.548 bits per heavy atom. The molecular formula is C38H73NO3. The molecule has 0 radical (unpaired) electrons. The molecule has 0 aromatic rings. The summed E-state index contributed by atoms with van der Waals surface area (Å²) in [5.74, 6) is -0.0738. The fraction of sp³-hybridized carbons (Fsp3) is 0.868. The standard InChI is InChI=1S/C38H73NO3/c1-3-5-7-9-11-13-15-17-19-20-21-23-25-27-29-31-33-37(41)36(35-40)39-38(42)34-32-30-28-26-24-22-18-16-14-12-10-8-6-4-2/h16,18,31,33,36-37,40-41H,3-15,17,19-30,32,34-35H2,1-2H3,(H,39,42)/b18-16+,33-31+/t36-,37+/m0/s1. The van der Waals surface area contributed by atoms with Crippen LogP contribution in [0.1, 0.15) is 194 Å². The third-order valence-corrected chi connectivity index (χ3v) is 8.43. The van der Waals surface area contributed by atoms with Crippen LogP contribution in [0.15, 0.2) is 24.3 Å². The molecule has 0 saturated carbocycles. The fourth-order valence-electron chi connectivity index (χ4n) is 5.52. The molecule has 0 bridgehead atoms. The van der Waals surface area contributed by atoms with Crippen molar-refractivity contribution >= 4 is 5.91 Å². The third-order valence-electron chi connectivity index (χ3n) is 8.43. The summed E-state index contributed by atoms with van der Waals surface area (Å²) in [6.07, 6.45) is 42.6. The quantitative estimate of drug-likeness (QED) is 0.0525. The van der Waals surface area contributed by atoms with Gasteiger partial charge in [0, 0.05) is 6.42 Å². The Hall–Kier alpha value is -1.13. The SMILES string of the molecule is CCCCCCC/C=C/CCCCCCCC(=O)N[C@@H](CO)[C@H](O)/C=C/CCCCCCCCCCCCCCCC. The highest BCUT2D eigenvalue weighted by Gasteiger charge is 2.17. The molecule has 1 amide bonds. The van der Waals surface area contributed by atoms with E-state index in [1.165, 1.54) is 141 Å². The summed E-state index contributed by atoms with van der Waals surface area (Å²) in [6, 6.07) is -0.622. The fourth-order valence-corrected chi connectivity index (χ4v) is 5.52. The smallest absolute Gasteiger partial charge is 0.220 e. The van der Waals surface area contributed by atoms with E-state index in [1.54, 1.807) is 6.08 Å². The number of hydrogen-bond donors (Lipinski definition) is 3. The van der Waals surface area contributed by atoms with E-state index in [4.69, 9.17) is 0 Å². The van der Waals surface area contributed by atoms with E-state index in [9.17, 15) is 15.0 Å². The summed E-state index contributed by atoms with van der Waals surface area (Å²) in [7, 11) is 0. The summed E-state index contributed by atoms with van der Waals surface area (Å²) >= 11 is 0. The molecule has 0 heterocycles. The largest absolute Gasteiger partial charge is 0.394 e. The van der Waals surface area contributed by atoms with Crippen molar-refractivity contribution in [2.24, 2.45) is 0 Å². The van der Waals surface area contributed by atoms with Crippen molar-refractivity contribution in [1.29, 1.82) is 0 Å². The zero-order valence-electron chi connectivity index (χ0n) is 28.3. The van der Waals surface area contributed by atoms with E-state index in [2.05, 4.69) is 31.3 Å². The number of rotatable bonds is 33. The van der Waals surface area contributed by atoms with Crippen LogP contribution in [0, 0.1) is 0 Å². The maximum atomic E-state index is 12.3. The van der Waals surface area contributed by atoms with Gasteiger partial charge in [-0.05, 0) is 44.9 Å². The zero-order chi connectivity index (χ0) is 30.8. The summed E-state index contributed by atoms with van der Waals surface area (Å²) in [6.45, 7) is 4.29. The van der Waals surface area contributed by atoms with E-state index < -0.39 is 12.1 Å². The molecule has 0 rings (SSSR count). The van der Waals surface area contributed by atoms with Crippen LogP contribution in [0.5, 0.6) is 0 Å². The lowest BCUT2D eigenvalue weighted by molar-refractivity contribution is -0.123. The van der Waals surface area contributed by atoms with E-state index in [-0.39, 0.29) is 12.5 Å². The Bertz CT molecular complexity index is 603. The van der Waals surface area contributed by atoms with Gasteiger partial charge in [-0.1, -0.05) is 167 Å². The monoisotopic (exact) mass is 592 g/mol. The van der Waals surface area contributed by atoms with Gasteiger partial charge < -0.3 is 15.5 Å². The number of nitrogens with one attached hydrogen (secondary N) is 1. The maximum absolute atomic E-state index is 12.3. The van der Waals surface area contributed by atoms with E-state index in [0.717, 1.165) is 32.1 Å². The molecule has 4 heteroatoms. The second-order valence-electron chi connectivity index (χ2n) is 12.6.